The minimum atomic E-state index is -0.330. The van der Waals surface area contributed by atoms with Gasteiger partial charge in [-0.15, -0.1) is 10.2 Å². The maximum Gasteiger partial charge on any atom is 0.409 e. The molecule has 1 aromatic heterocycles. The molecule has 27 heavy (non-hydrogen) atoms. The standard InChI is InChI=1S/C19H24FN5O2/c1-14-21-22-17-12-24(18(26)27-2)13-19(25(14)17)6-8-23(9-7-19)11-15-4-3-5-16(20)10-15/h3-5,10H,6-9,11-13H2,1-2H3. The number of halogens is 1. The minimum Gasteiger partial charge on any atom is -0.453 e. The maximum atomic E-state index is 13.4. The summed E-state index contributed by atoms with van der Waals surface area (Å²) < 4.78 is 20.6. The minimum absolute atomic E-state index is 0.202. The first-order valence-electron chi connectivity index (χ1n) is 9.22. The van der Waals surface area contributed by atoms with E-state index in [-0.39, 0.29) is 17.4 Å². The average Bonchev–Trinajstić information content (AvgIpc) is 3.05. The molecule has 1 spiro atoms. The molecule has 144 valence electrons. The van der Waals surface area contributed by atoms with Crippen LogP contribution in [0.4, 0.5) is 9.18 Å². The summed E-state index contributed by atoms with van der Waals surface area (Å²) in [7, 11) is 1.40. The van der Waals surface area contributed by atoms with Crippen LogP contribution in [0.2, 0.25) is 0 Å². The number of ether oxygens (including phenoxy) is 1. The van der Waals surface area contributed by atoms with E-state index in [1.807, 2.05) is 13.0 Å². The van der Waals surface area contributed by atoms with Gasteiger partial charge in [0.15, 0.2) is 5.82 Å². The highest BCUT2D eigenvalue weighted by atomic mass is 19.1. The Hall–Kier alpha value is -2.48. The molecule has 2 aliphatic heterocycles. The van der Waals surface area contributed by atoms with Gasteiger partial charge in [-0.1, -0.05) is 12.1 Å². The van der Waals surface area contributed by atoms with Crippen LogP contribution in [0.15, 0.2) is 24.3 Å². The van der Waals surface area contributed by atoms with E-state index in [9.17, 15) is 9.18 Å². The van der Waals surface area contributed by atoms with E-state index in [2.05, 4.69) is 19.7 Å². The number of hydrogen-bond donors (Lipinski definition) is 0. The van der Waals surface area contributed by atoms with Crippen LogP contribution in [0.3, 0.4) is 0 Å². The molecule has 4 rings (SSSR count). The Kier molecular flexibility index (Phi) is 4.59. The summed E-state index contributed by atoms with van der Waals surface area (Å²) in [5.74, 6) is 1.49. The molecule has 2 aromatic rings. The predicted molar refractivity (Wildman–Crippen MR) is 96.5 cm³/mol. The highest BCUT2D eigenvalue weighted by Crippen LogP contribution is 2.37. The smallest absolute Gasteiger partial charge is 0.409 e. The van der Waals surface area contributed by atoms with Gasteiger partial charge in [0.1, 0.15) is 11.6 Å². The highest BCUT2D eigenvalue weighted by molar-refractivity contribution is 5.67. The van der Waals surface area contributed by atoms with Crippen LogP contribution >= 0.6 is 0 Å². The zero-order chi connectivity index (χ0) is 19.0. The number of piperidine rings is 1. The molecule has 0 aliphatic carbocycles. The van der Waals surface area contributed by atoms with Crippen LogP contribution in [0, 0.1) is 12.7 Å². The van der Waals surface area contributed by atoms with Crippen molar-refractivity contribution in [2.24, 2.45) is 0 Å². The summed E-state index contributed by atoms with van der Waals surface area (Å²) in [4.78, 5) is 16.2. The molecule has 3 heterocycles. The molecule has 0 atom stereocenters. The molecule has 1 saturated heterocycles. The van der Waals surface area contributed by atoms with Gasteiger partial charge in [-0.3, -0.25) is 9.80 Å². The number of benzene rings is 1. The van der Waals surface area contributed by atoms with Gasteiger partial charge in [0, 0.05) is 26.2 Å². The van der Waals surface area contributed by atoms with Gasteiger partial charge in [0.05, 0.1) is 19.2 Å². The van der Waals surface area contributed by atoms with Crippen molar-refractivity contribution < 1.29 is 13.9 Å². The van der Waals surface area contributed by atoms with Gasteiger partial charge >= 0.3 is 6.09 Å². The van der Waals surface area contributed by atoms with Crippen molar-refractivity contribution in [1.29, 1.82) is 0 Å². The van der Waals surface area contributed by atoms with E-state index in [1.54, 1.807) is 17.0 Å². The number of amides is 1. The number of carbonyl (C=O) groups excluding carboxylic acids is 1. The van der Waals surface area contributed by atoms with Gasteiger partial charge in [-0.25, -0.2) is 9.18 Å². The van der Waals surface area contributed by atoms with Crippen molar-refractivity contribution in [2.75, 3.05) is 26.7 Å². The number of hydrogen-bond acceptors (Lipinski definition) is 5. The normalized spacial score (nSPS) is 19.1. The largest absolute Gasteiger partial charge is 0.453 e. The van der Waals surface area contributed by atoms with E-state index in [0.29, 0.717) is 13.1 Å². The quantitative estimate of drug-likeness (QED) is 0.808. The van der Waals surface area contributed by atoms with Crippen LogP contribution in [0.25, 0.3) is 0 Å². The Balaban J connectivity index is 1.53. The van der Waals surface area contributed by atoms with Crippen LogP contribution in [-0.2, 0) is 23.4 Å². The lowest BCUT2D eigenvalue weighted by Crippen LogP contribution is -2.57. The first kappa shape index (κ1) is 17.9. The van der Waals surface area contributed by atoms with Crippen LogP contribution in [0.1, 0.15) is 30.1 Å². The topological polar surface area (TPSA) is 63.5 Å². The van der Waals surface area contributed by atoms with E-state index in [0.717, 1.165) is 49.7 Å². The summed E-state index contributed by atoms with van der Waals surface area (Å²) in [6, 6.07) is 6.76. The molecule has 8 heteroatoms. The summed E-state index contributed by atoms with van der Waals surface area (Å²) in [6.45, 7) is 5.43. The zero-order valence-electron chi connectivity index (χ0n) is 15.7. The van der Waals surface area contributed by atoms with Crippen molar-refractivity contribution in [3.8, 4) is 0 Å². The van der Waals surface area contributed by atoms with Crippen molar-refractivity contribution in [1.82, 2.24) is 24.6 Å². The van der Waals surface area contributed by atoms with Crippen molar-refractivity contribution >= 4 is 6.09 Å². The third kappa shape index (κ3) is 3.29. The fourth-order valence-corrected chi connectivity index (χ4v) is 4.44. The Morgan fingerprint density at radius 2 is 2.07 bits per heavy atom. The molecule has 0 unspecified atom stereocenters. The van der Waals surface area contributed by atoms with Crippen LogP contribution in [-0.4, -0.2) is 57.4 Å². The molecule has 0 saturated carbocycles. The van der Waals surface area contributed by atoms with Gasteiger partial charge in [0.2, 0.25) is 0 Å². The van der Waals surface area contributed by atoms with Gasteiger partial charge < -0.3 is 9.30 Å². The monoisotopic (exact) mass is 373 g/mol. The second-order valence-corrected chi connectivity index (χ2v) is 7.46. The molecule has 0 radical (unpaired) electrons. The Morgan fingerprint density at radius 3 is 2.78 bits per heavy atom. The fourth-order valence-electron chi connectivity index (χ4n) is 4.44. The van der Waals surface area contributed by atoms with E-state index >= 15 is 0 Å². The first-order chi connectivity index (χ1) is 13.0. The Morgan fingerprint density at radius 1 is 1.30 bits per heavy atom. The lowest BCUT2D eigenvalue weighted by molar-refractivity contribution is 0.0319. The summed E-state index contributed by atoms with van der Waals surface area (Å²) >= 11 is 0. The molecule has 1 fully saturated rings. The molecule has 1 amide bonds. The SMILES string of the molecule is COC(=O)N1Cc2nnc(C)n2C2(CCN(Cc3cccc(F)c3)CC2)C1. The number of fused-ring (bicyclic) bond motifs is 2. The molecule has 7 nitrogen and oxygen atoms in total. The molecular formula is C19H24FN5O2. The van der Waals surface area contributed by atoms with E-state index in [4.69, 9.17) is 4.74 Å². The van der Waals surface area contributed by atoms with Crippen molar-refractivity contribution in [3.63, 3.8) is 0 Å². The highest BCUT2D eigenvalue weighted by Gasteiger charge is 2.45. The predicted octanol–water partition coefficient (Wildman–Crippen LogP) is 2.30. The van der Waals surface area contributed by atoms with Crippen molar-refractivity contribution in [2.45, 2.75) is 38.4 Å². The fraction of sp³-hybridized carbons (Fsp3) is 0.526. The molecule has 0 N–H and O–H groups in total. The summed E-state index contributed by atoms with van der Waals surface area (Å²) in [5, 5.41) is 8.52. The molecular weight excluding hydrogens is 349 g/mol. The average molecular weight is 373 g/mol. The summed E-state index contributed by atoms with van der Waals surface area (Å²) in [5.41, 5.74) is 0.764. The number of aryl methyl sites for hydroxylation is 1. The first-order valence-corrected chi connectivity index (χ1v) is 9.22. The van der Waals surface area contributed by atoms with Gasteiger partial charge in [-0.2, -0.15) is 0 Å². The number of methoxy groups -OCH3 is 1. The lowest BCUT2D eigenvalue weighted by atomic mass is 9.84. The number of aromatic nitrogens is 3. The zero-order valence-corrected chi connectivity index (χ0v) is 15.7. The lowest BCUT2D eigenvalue weighted by Gasteiger charge is -2.48. The van der Waals surface area contributed by atoms with E-state index in [1.165, 1.54) is 13.2 Å². The van der Waals surface area contributed by atoms with Crippen molar-refractivity contribution in [3.05, 3.63) is 47.3 Å². The maximum absolute atomic E-state index is 13.4. The third-order valence-corrected chi connectivity index (χ3v) is 5.70. The second kappa shape index (κ2) is 6.92. The number of likely N-dealkylation sites (tertiary alicyclic amines) is 1. The van der Waals surface area contributed by atoms with Gasteiger partial charge in [-0.05, 0) is 37.5 Å². The number of carbonyl (C=O) groups is 1. The van der Waals surface area contributed by atoms with Gasteiger partial charge in [0.25, 0.3) is 0 Å². The molecule has 2 aliphatic rings. The number of rotatable bonds is 2. The Bertz CT molecular complexity index is 844. The van der Waals surface area contributed by atoms with Crippen LogP contribution < -0.4 is 0 Å². The number of nitrogens with zero attached hydrogens (tertiary/aromatic N) is 5. The molecule has 1 aromatic carbocycles. The van der Waals surface area contributed by atoms with E-state index < -0.39 is 0 Å². The third-order valence-electron chi connectivity index (χ3n) is 5.70. The second-order valence-electron chi connectivity index (χ2n) is 7.46. The summed E-state index contributed by atoms with van der Waals surface area (Å²) in [6.07, 6.45) is 1.42. The molecule has 0 bridgehead atoms. The Labute approximate surface area is 157 Å². The van der Waals surface area contributed by atoms with Crippen LogP contribution in [0.5, 0.6) is 0 Å².